The van der Waals surface area contributed by atoms with Crippen LogP contribution in [0.4, 0.5) is 15.3 Å². The van der Waals surface area contributed by atoms with Gasteiger partial charge in [-0.05, 0) is 139 Å². The number of carbonyl (C=O) groups is 4. The quantitative estimate of drug-likeness (QED) is 0.104. The minimum atomic E-state index is -3.92. The molecule has 1 aliphatic heterocycles. The molecule has 0 spiro atoms. The largest absolute Gasteiger partial charge is 0.444 e. The number of carbonyl (C=O) groups excluding carboxylic acids is 4. The summed E-state index contributed by atoms with van der Waals surface area (Å²) in [6.45, 7) is 12.1. The van der Waals surface area contributed by atoms with Gasteiger partial charge in [0, 0.05) is 73.1 Å². The Labute approximate surface area is 368 Å². The number of alkyl carbamates (subject to hydrolysis) is 1. The summed E-state index contributed by atoms with van der Waals surface area (Å²) < 4.78 is 40.6. The molecule has 2 aromatic carbocycles. The number of piperidine rings is 1. The lowest BCUT2D eigenvalue weighted by atomic mass is 9.77. The van der Waals surface area contributed by atoms with Crippen LogP contribution in [-0.2, 0) is 35.5 Å². The summed E-state index contributed by atoms with van der Waals surface area (Å²) in [5.41, 5.74) is 2.22. The zero-order chi connectivity index (χ0) is 45.4. The van der Waals surface area contributed by atoms with Crippen molar-refractivity contribution in [1.82, 2.24) is 40.5 Å². The first-order chi connectivity index (χ1) is 29.8. The van der Waals surface area contributed by atoms with E-state index in [1.165, 1.54) is 6.20 Å². The number of nitrogens with zero attached hydrogens (tertiary/aromatic N) is 5. The molecular weight excluding hydrogens is 827 g/mol. The van der Waals surface area contributed by atoms with Crippen molar-refractivity contribution >= 4 is 39.6 Å². The molecule has 0 unspecified atom stereocenters. The highest BCUT2D eigenvalue weighted by atomic mass is 32.2. The van der Waals surface area contributed by atoms with Crippen LogP contribution in [0.1, 0.15) is 92.1 Å². The van der Waals surface area contributed by atoms with Gasteiger partial charge in [-0.3, -0.25) is 14.6 Å². The lowest BCUT2D eigenvalue weighted by molar-refractivity contribution is -0.129. The third-order valence-electron chi connectivity index (χ3n) is 11.1. The van der Waals surface area contributed by atoms with Gasteiger partial charge in [0.15, 0.2) is 0 Å². The van der Waals surface area contributed by atoms with E-state index >= 15 is 0 Å². The number of amides is 3. The molecule has 1 atom stereocenters. The van der Waals surface area contributed by atoms with Crippen molar-refractivity contribution in [3.63, 3.8) is 0 Å². The molecule has 1 saturated heterocycles. The number of aromatic amines is 1. The monoisotopic (exact) mass is 885 g/mol. The summed E-state index contributed by atoms with van der Waals surface area (Å²) in [6, 6.07) is 15.7. The number of ether oxygens (including phenoxy) is 2. The van der Waals surface area contributed by atoms with Crippen LogP contribution in [0.15, 0.2) is 71.9 Å². The van der Waals surface area contributed by atoms with Crippen molar-refractivity contribution in [2.45, 2.75) is 115 Å². The molecule has 3 heterocycles. The number of hydrogen-bond acceptors (Lipinski definition) is 12. The van der Waals surface area contributed by atoms with Crippen LogP contribution in [0, 0.1) is 17.8 Å². The Balaban J connectivity index is 1.09. The van der Waals surface area contributed by atoms with E-state index in [4.69, 9.17) is 9.47 Å². The van der Waals surface area contributed by atoms with Crippen molar-refractivity contribution in [3.8, 4) is 22.5 Å². The molecule has 18 heteroatoms. The van der Waals surface area contributed by atoms with Crippen molar-refractivity contribution in [1.29, 1.82) is 0 Å². The average molecular weight is 886 g/mol. The second-order valence-corrected chi connectivity index (χ2v) is 20.2. The SMILES string of the molecule is CC(C)(C)OC(=O)NCC1CCC(C(=O)C[C@@H](Cc2ccc(-c3cncc(S(=O)(=O)NC4CCN(C(=O)OC(C)(C)C)CC4)c3)cc2)C(=O)Nc2ccc(-c3nn[nH]n3)cc2)CC1. The summed E-state index contributed by atoms with van der Waals surface area (Å²) in [6.07, 6.45) is 6.17. The first kappa shape index (κ1) is 46.7. The van der Waals surface area contributed by atoms with Gasteiger partial charge in [-0.25, -0.2) is 22.7 Å². The fourth-order valence-electron chi connectivity index (χ4n) is 7.76. The molecule has 0 radical (unpaired) electrons. The Morgan fingerprint density at radius 2 is 1.48 bits per heavy atom. The number of rotatable bonds is 14. The molecule has 4 aromatic rings. The number of anilines is 1. The molecule has 2 fully saturated rings. The van der Waals surface area contributed by atoms with Crippen molar-refractivity contribution < 1.29 is 37.1 Å². The molecule has 2 aromatic heterocycles. The van der Waals surface area contributed by atoms with E-state index in [0.717, 1.165) is 29.5 Å². The summed E-state index contributed by atoms with van der Waals surface area (Å²) in [4.78, 5) is 58.3. The lowest BCUT2D eigenvalue weighted by Gasteiger charge is -2.33. The predicted molar refractivity (Wildman–Crippen MR) is 236 cm³/mol. The minimum Gasteiger partial charge on any atom is -0.444 e. The highest BCUT2D eigenvalue weighted by molar-refractivity contribution is 7.89. The van der Waals surface area contributed by atoms with Crippen molar-refractivity contribution in [3.05, 3.63) is 72.6 Å². The Bertz CT molecular complexity index is 2290. The first-order valence-electron chi connectivity index (χ1n) is 21.5. The van der Waals surface area contributed by atoms with Crippen LogP contribution >= 0.6 is 0 Å². The van der Waals surface area contributed by atoms with Gasteiger partial charge in [0.1, 0.15) is 21.9 Å². The number of Topliss-reactive ketones (excluding diaryl/α,β-unsaturated/α-hetero) is 1. The fourth-order valence-corrected chi connectivity index (χ4v) is 9.06. The van der Waals surface area contributed by atoms with Crippen LogP contribution in [0.2, 0.25) is 0 Å². The normalized spacial score (nSPS) is 18.0. The number of nitrogens with one attached hydrogen (secondary N) is 4. The van der Waals surface area contributed by atoms with E-state index in [2.05, 4.69) is 41.0 Å². The smallest absolute Gasteiger partial charge is 0.410 e. The molecule has 4 N–H and O–H groups in total. The predicted octanol–water partition coefficient (Wildman–Crippen LogP) is 6.69. The summed E-state index contributed by atoms with van der Waals surface area (Å²) in [5.74, 6) is -0.471. The van der Waals surface area contributed by atoms with Gasteiger partial charge >= 0.3 is 12.2 Å². The maximum atomic E-state index is 14.0. The van der Waals surface area contributed by atoms with Gasteiger partial charge in [-0.1, -0.05) is 24.3 Å². The van der Waals surface area contributed by atoms with Crippen LogP contribution in [0.25, 0.3) is 22.5 Å². The molecule has 1 saturated carbocycles. The van der Waals surface area contributed by atoms with Gasteiger partial charge in [-0.2, -0.15) is 5.21 Å². The standard InChI is InChI=1S/C45H59N9O8S/c1-44(2,3)61-42(57)47-26-30-9-13-32(14-10-30)39(55)25-34(41(56)48-36-17-15-33(16-18-36)40-49-52-53-50-40)23-29-7-11-31(12-8-29)35-24-38(28-46-27-35)63(59,60)51-37-19-21-54(22-20-37)43(58)62-45(4,5)6/h7-8,11-12,15-18,24,27-28,30,32,34,37,51H,9-10,13-14,19-23,25-26H2,1-6H3,(H,47,57)(H,48,56)(H,49,50,52,53)/t30?,32?,34-/m1/s1. The third-order valence-corrected chi connectivity index (χ3v) is 12.6. The summed E-state index contributed by atoms with van der Waals surface area (Å²) >= 11 is 0. The van der Waals surface area contributed by atoms with Gasteiger partial charge in [0.05, 0.1) is 0 Å². The Morgan fingerprint density at radius 3 is 2.10 bits per heavy atom. The summed E-state index contributed by atoms with van der Waals surface area (Å²) in [5, 5.41) is 19.9. The molecule has 0 bridgehead atoms. The lowest BCUT2D eigenvalue weighted by Crippen LogP contribution is -2.47. The second kappa shape index (κ2) is 20.2. The maximum Gasteiger partial charge on any atom is 0.410 e. The van der Waals surface area contributed by atoms with Crippen LogP contribution in [-0.4, -0.2) is 99.7 Å². The van der Waals surface area contributed by atoms with Crippen LogP contribution in [0.3, 0.4) is 0 Å². The van der Waals surface area contributed by atoms with E-state index in [1.807, 2.05) is 45.0 Å². The molecule has 17 nitrogen and oxygen atoms in total. The Kier molecular flexibility index (Phi) is 15.0. The van der Waals surface area contributed by atoms with E-state index in [-0.39, 0.29) is 47.3 Å². The fraction of sp³-hybridized carbons (Fsp3) is 0.511. The topological polar surface area (TPSA) is 228 Å². The van der Waals surface area contributed by atoms with Gasteiger partial charge in [-0.15, -0.1) is 10.2 Å². The molecule has 1 aliphatic carbocycles. The van der Waals surface area contributed by atoms with E-state index < -0.39 is 39.3 Å². The number of sulfonamides is 1. The van der Waals surface area contributed by atoms with Gasteiger partial charge in [0.2, 0.25) is 21.8 Å². The number of aromatic nitrogens is 5. The highest BCUT2D eigenvalue weighted by Crippen LogP contribution is 2.32. The Hall–Kier alpha value is -5.75. The van der Waals surface area contributed by atoms with E-state index in [1.54, 1.807) is 62.2 Å². The zero-order valence-electron chi connectivity index (χ0n) is 36.8. The number of likely N-dealkylation sites (tertiary alicyclic amines) is 1. The third kappa shape index (κ3) is 13.9. The molecule has 2 aliphatic rings. The molecule has 3 amide bonds. The average Bonchev–Trinajstić information content (AvgIpc) is 3.78. The molecule has 338 valence electrons. The number of hydrogen-bond donors (Lipinski definition) is 4. The number of ketones is 1. The van der Waals surface area contributed by atoms with E-state index in [0.29, 0.717) is 62.4 Å². The molecule has 6 rings (SSSR count). The van der Waals surface area contributed by atoms with Gasteiger partial charge in [0.25, 0.3) is 0 Å². The molecule has 63 heavy (non-hydrogen) atoms. The van der Waals surface area contributed by atoms with Gasteiger partial charge < -0.3 is 25.0 Å². The highest BCUT2D eigenvalue weighted by Gasteiger charge is 2.32. The molecular formula is C45H59N9O8S. The van der Waals surface area contributed by atoms with Crippen LogP contribution in [0.5, 0.6) is 0 Å². The van der Waals surface area contributed by atoms with Crippen LogP contribution < -0.4 is 15.4 Å². The Morgan fingerprint density at radius 1 is 0.825 bits per heavy atom. The first-order valence-corrected chi connectivity index (χ1v) is 23.0. The van der Waals surface area contributed by atoms with Crippen molar-refractivity contribution in [2.24, 2.45) is 17.8 Å². The number of H-pyrrole nitrogens is 1. The number of benzene rings is 2. The number of tetrazole rings is 1. The summed E-state index contributed by atoms with van der Waals surface area (Å²) in [7, 11) is -3.92. The maximum absolute atomic E-state index is 14.0. The second-order valence-electron chi connectivity index (χ2n) is 18.4. The number of pyridine rings is 1. The zero-order valence-corrected chi connectivity index (χ0v) is 37.7. The minimum absolute atomic E-state index is 0.0209. The van der Waals surface area contributed by atoms with Crippen molar-refractivity contribution in [2.75, 3.05) is 25.0 Å². The van der Waals surface area contributed by atoms with E-state index in [9.17, 15) is 27.6 Å².